The maximum atomic E-state index is 6.75. The van der Waals surface area contributed by atoms with Crippen LogP contribution < -0.4 is 4.90 Å². The van der Waals surface area contributed by atoms with Crippen LogP contribution in [0.4, 0.5) is 17.1 Å². The summed E-state index contributed by atoms with van der Waals surface area (Å²) in [6.07, 6.45) is 0. The zero-order valence-corrected chi connectivity index (χ0v) is 29.4. The molecule has 1 aromatic heterocycles. The van der Waals surface area contributed by atoms with E-state index in [1.165, 1.54) is 54.2 Å². The average molecular weight is 688 g/mol. The Hall–Kier alpha value is -7.16. The maximum absolute atomic E-state index is 6.75. The molecule has 1 heterocycles. The van der Waals surface area contributed by atoms with Crippen molar-refractivity contribution in [1.82, 2.24) is 0 Å². The van der Waals surface area contributed by atoms with Gasteiger partial charge in [-0.2, -0.15) is 0 Å². The fourth-order valence-corrected chi connectivity index (χ4v) is 8.33. The van der Waals surface area contributed by atoms with Crippen molar-refractivity contribution in [3.8, 4) is 22.3 Å². The number of para-hydroxylation sites is 2. The highest BCUT2D eigenvalue weighted by molar-refractivity contribution is 6.14. The molecule has 0 N–H and O–H groups in total. The molecular formula is C52H33NO. The number of hydrogen-bond acceptors (Lipinski definition) is 2. The van der Waals surface area contributed by atoms with Crippen LogP contribution in [-0.4, -0.2) is 0 Å². The number of hydrogen-bond donors (Lipinski definition) is 0. The van der Waals surface area contributed by atoms with Gasteiger partial charge in [0.05, 0.1) is 5.69 Å². The zero-order chi connectivity index (χ0) is 35.6. The van der Waals surface area contributed by atoms with Gasteiger partial charge in [-0.05, 0) is 103 Å². The molecule has 2 nitrogen and oxygen atoms in total. The van der Waals surface area contributed by atoms with Crippen LogP contribution in [0.25, 0.3) is 87.3 Å². The molecule has 0 aliphatic heterocycles. The Labute approximate surface area is 312 Å². The zero-order valence-electron chi connectivity index (χ0n) is 29.4. The van der Waals surface area contributed by atoms with Crippen LogP contribution in [0.1, 0.15) is 0 Å². The normalized spacial score (nSPS) is 11.7. The van der Waals surface area contributed by atoms with Crippen molar-refractivity contribution in [3.63, 3.8) is 0 Å². The summed E-state index contributed by atoms with van der Waals surface area (Å²) in [7, 11) is 0. The van der Waals surface area contributed by atoms with E-state index in [4.69, 9.17) is 4.42 Å². The van der Waals surface area contributed by atoms with Gasteiger partial charge in [0.25, 0.3) is 0 Å². The van der Waals surface area contributed by atoms with Crippen molar-refractivity contribution in [2.75, 3.05) is 4.90 Å². The van der Waals surface area contributed by atoms with Crippen LogP contribution in [0.3, 0.4) is 0 Å². The molecule has 0 aliphatic rings. The van der Waals surface area contributed by atoms with Crippen LogP contribution >= 0.6 is 0 Å². The molecular weight excluding hydrogens is 655 g/mol. The van der Waals surface area contributed by atoms with Crippen LogP contribution in [0.2, 0.25) is 0 Å². The molecule has 0 aliphatic carbocycles. The van der Waals surface area contributed by atoms with Crippen molar-refractivity contribution in [1.29, 1.82) is 0 Å². The number of benzene rings is 10. The number of nitrogens with zero attached hydrogens (tertiary/aromatic N) is 1. The third-order valence-corrected chi connectivity index (χ3v) is 11.0. The first-order chi connectivity index (χ1) is 26.7. The fraction of sp³-hybridized carbons (Fsp3) is 0. The van der Waals surface area contributed by atoms with E-state index in [9.17, 15) is 0 Å². The minimum atomic E-state index is 0.896. The standard InChI is InChI=1S/C52H33NO/c1-2-12-37-31-43(28-24-34(37)10-1)53(42-26-22-35(23-27-42)40-25-29-45-41(30-40)21-20-36-11-5-6-15-44(36)45)50-19-8-7-16-46(50)47-17-9-18-48-49-32-38-13-3-4-14-39(38)33-51(49)54-52(47)48/h1-33H. The molecule has 11 rings (SSSR count). The fourth-order valence-electron chi connectivity index (χ4n) is 8.33. The highest BCUT2D eigenvalue weighted by Crippen LogP contribution is 2.45. The summed E-state index contributed by atoms with van der Waals surface area (Å²) in [6, 6.07) is 72.3. The van der Waals surface area contributed by atoms with E-state index in [0.717, 1.165) is 50.1 Å². The molecule has 2 heteroatoms. The van der Waals surface area contributed by atoms with Gasteiger partial charge in [0.1, 0.15) is 11.2 Å². The molecule has 0 atom stereocenters. The van der Waals surface area contributed by atoms with Gasteiger partial charge in [-0.15, -0.1) is 0 Å². The highest BCUT2D eigenvalue weighted by atomic mass is 16.3. The summed E-state index contributed by atoms with van der Waals surface area (Å²) in [6.45, 7) is 0. The molecule has 0 fully saturated rings. The van der Waals surface area contributed by atoms with E-state index in [1.54, 1.807) is 0 Å². The van der Waals surface area contributed by atoms with E-state index >= 15 is 0 Å². The number of fused-ring (bicyclic) bond motifs is 8. The molecule has 0 unspecified atom stereocenters. The molecule has 0 saturated heterocycles. The van der Waals surface area contributed by atoms with Gasteiger partial charge in [-0.1, -0.05) is 152 Å². The summed E-state index contributed by atoms with van der Waals surface area (Å²) < 4.78 is 6.75. The Kier molecular flexibility index (Phi) is 6.90. The van der Waals surface area contributed by atoms with Gasteiger partial charge in [0, 0.05) is 33.3 Å². The predicted molar refractivity (Wildman–Crippen MR) is 229 cm³/mol. The summed E-state index contributed by atoms with van der Waals surface area (Å²) in [5.74, 6) is 0. The van der Waals surface area contributed by atoms with E-state index in [1.807, 2.05) is 0 Å². The Morgan fingerprint density at radius 2 is 0.907 bits per heavy atom. The monoisotopic (exact) mass is 687 g/mol. The smallest absolute Gasteiger partial charge is 0.143 e. The van der Waals surface area contributed by atoms with Crippen molar-refractivity contribution in [3.05, 3.63) is 200 Å². The van der Waals surface area contributed by atoms with Crippen molar-refractivity contribution in [2.45, 2.75) is 0 Å². The van der Waals surface area contributed by atoms with E-state index in [0.29, 0.717) is 0 Å². The van der Waals surface area contributed by atoms with Crippen LogP contribution in [-0.2, 0) is 0 Å². The molecule has 10 aromatic carbocycles. The van der Waals surface area contributed by atoms with E-state index in [2.05, 4.69) is 205 Å². The SMILES string of the molecule is c1ccc(N(c2ccc(-c3ccc4c(ccc5ccccc54)c3)cc2)c2ccc3ccccc3c2)c(-c2cccc3c2oc2cc4ccccc4cc23)c1. The Morgan fingerprint density at radius 1 is 0.315 bits per heavy atom. The lowest BCUT2D eigenvalue weighted by atomic mass is 9.97. The molecule has 54 heavy (non-hydrogen) atoms. The molecule has 0 spiro atoms. The molecule has 11 aromatic rings. The first-order valence-electron chi connectivity index (χ1n) is 18.5. The van der Waals surface area contributed by atoms with Gasteiger partial charge in [0.2, 0.25) is 0 Å². The lowest BCUT2D eigenvalue weighted by molar-refractivity contribution is 0.670. The Bertz CT molecular complexity index is 3230. The summed E-state index contributed by atoms with van der Waals surface area (Å²) in [5.41, 5.74) is 9.60. The second-order valence-corrected chi connectivity index (χ2v) is 14.1. The molecule has 252 valence electrons. The number of anilines is 3. The van der Waals surface area contributed by atoms with Crippen LogP contribution in [0, 0.1) is 0 Å². The Morgan fingerprint density at radius 3 is 1.76 bits per heavy atom. The van der Waals surface area contributed by atoms with Crippen molar-refractivity contribution in [2.24, 2.45) is 0 Å². The van der Waals surface area contributed by atoms with E-state index < -0.39 is 0 Å². The van der Waals surface area contributed by atoms with Crippen molar-refractivity contribution < 1.29 is 4.42 Å². The molecule has 0 amide bonds. The lowest BCUT2D eigenvalue weighted by Gasteiger charge is -2.28. The first kappa shape index (κ1) is 30.5. The number of rotatable bonds is 5. The minimum absolute atomic E-state index is 0.896. The molecule has 0 radical (unpaired) electrons. The van der Waals surface area contributed by atoms with E-state index in [-0.39, 0.29) is 0 Å². The topological polar surface area (TPSA) is 16.4 Å². The van der Waals surface area contributed by atoms with Gasteiger partial charge >= 0.3 is 0 Å². The molecule has 0 bridgehead atoms. The second-order valence-electron chi connectivity index (χ2n) is 14.1. The Balaban J connectivity index is 1.07. The lowest BCUT2D eigenvalue weighted by Crippen LogP contribution is -2.11. The largest absolute Gasteiger partial charge is 0.455 e. The summed E-state index contributed by atoms with van der Waals surface area (Å²) in [5, 5.41) is 12.1. The third-order valence-electron chi connectivity index (χ3n) is 11.0. The predicted octanol–water partition coefficient (Wildman–Crippen LogP) is 15.0. The van der Waals surface area contributed by atoms with Gasteiger partial charge < -0.3 is 9.32 Å². The van der Waals surface area contributed by atoms with Gasteiger partial charge in [-0.3, -0.25) is 0 Å². The quantitative estimate of drug-likeness (QED) is 0.168. The highest BCUT2D eigenvalue weighted by Gasteiger charge is 2.21. The maximum Gasteiger partial charge on any atom is 0.143 e. The second kappa shape index (κ2) is 12.2. The van der Waals surface area contributed by atoms with Gasteiger partial charge in [0.15, 0.2) is 0 Å². The third kappa shape index (κ3) is 4.96. The minimum Gasteiger partial charge on any atom is -0.455 e. The van der Waals surface area contributed by atoms with Crippen molar-refractivity contribution >= 4 is 82.1 Å². The van der Waals surface area contributed by atoms with Gasteiger partial charge in [-0.25, -0.2) is 0 Å². The summed E-state index contributed by atoms with van der Waals surface area (Å²) >= 11 is 0. The molecule has 0 saturated carbocycles. The van der Waals surface area contributed by atoms with Crippen LogP contribution in [0.15, 0.2) is 205 Å². The first-order valence-corrected chi connectivity index (χ1v) is 18.5. The number of furan rings is 1. The summed E-state index contributed by atoms with van der Waals surface area (Å²) in [4.78, 5) is 2.38. The van der Waals surface area contributed by atoms with Crippen LogP contribution in [0.5, 0.6) is 0 Å². The average Bonchev–Trinajstić information content (AvgIpc) is 3.60.